The average molecular weight is 1260 g/mol. The van der Waals surface area contributed by atoms with E-state index >= 15 is 0 Å². The number of unbranched alkanes of at least 4 members (excludes halogenated alkanes) is 34. The number of hydrogen-bond donors (Lipinski definition) is 3. The third kappa shape index (κ3) is 59.5. The Kier molecular flexibility index (Phi) is 57.1. The fourth-order valence-electron chi connectivity index (χ4n) is 9.85. The molecule has 0 saturated carbocycles. The molecule has 0 aromatic rings. The van der Waals surface area contributed by atoms with E-state index in [-0.39, 0.29) is 25.7 Å². The molecule has 17 nitrogen and oxygen atoms in total. The van der Waals surface area contributed by atoms with Crippen molar-refractivity contribution < 1.29 is 80.2 Å². The molecule has 0 aliphatic carbocycles. The molecule has 0 amide bonds. The van der Waals surface area contributed by atoms with Crippen LogP contribution in [0, 0.1) is 11.8 Å². The fourth-order valence-corrected chi connectivity index (χ4v) is 11.4. The van der Waals surface area contributed by atoms with Crippen molar-refractivity contribution in [3.63, 3.8) is 0 Å². The third-order valence-electron chi connectivity index (χ3n) is 15.6. The maximum atomic E-state index is 13.0. The van der Waals surface area contributed by atoms with Crippen molar-refractivity contribution in [2.24, 2.45) is 11.8 Å². The third-order valence-corrected chi connectivity index (χ3v) is 17.5. The molecule has 0 radical (unpaired) electrons. The molecule has 3 N–H and O–H groups in total. The number of phosphoric acid groups is 2. The second-order valence-electron chi connectivity index (χ2n) is 24.6. The van der Waals surface area contributed by atoms with Crippen LogP contribution < -0.4 is 0 Å². The number of ether oxygens (including phenoxy) is 4. The van der Waals surface area contributed by atoms with Crippen LogP contribution in [0.2, 0.25) is 0 Å². The minimum atomic E-state index is -4.95. The lowest BCUT2D eigenvalue weighted by Crippen LogP contribution is -2.30. The Bertz CT molecular complexity index is 1670. The molecule has 0 saturated heterocycles. The Balaban J connectivity index is 5.15. The highest BCUT2D eigenvalue weighted by molar-refractivity contribution is 7.47. The second kappa shape index (κ2) is 58.4. The van der Waals surface area contributed by atoms with Crippen molar-refractivity contribution in [3.8, 4) is 0 Å². The van der Waals surface area contributed by atoms with Gasteiger partial charge < -0.3 is 33.8 Å². The summed E-state index contributed by atoms with van der Waals surface area (Å²) in [5.74, 6) is -0.597. The van der Waals surface area contributed by atoms with E-state index in [1.54, 1.807) is 0 Å². The van der Waals surface area contributed by atoms with Gasteiger partial charge in [-0.1, -0.05) is 279 Å². The van der Waals surface area contributed by atoms with E-state index in [2.05, 4.69) is 41.5 Å². The summed E-state index contributed by atoms with van der Waals surface area (Å²) in [6.45, 7) is 9.45. The second-order valence-corrected chi connectivity index (χ2v) is 27.5. The van der Waals surface area contributed by atoms with E-state index < -0.39 is 97.5 Å². The quantitative estimate of drug-likeness (QED) is 0.0222. The summed E-state index contributed by atoms with van der Waals surface area (Å²) in [5.41, 5.74) is 0. The number of carbonyl (C=O) groups excluding carboxylic acids is 4. The number of carbonyl (C=O) groups is 4. The first-order valence-electron chi connectivity index (χ1n) is 34.5. The van der Waals surface area contributed by atoms with Crippen molar-refractivity contribution >= 4 is 39.5 Å². The smallest absolute Gasteiger partial charge is 0.462 e. The molecule has 504 valence electrons. The summed E-state index contributed by atoms with van der Waals surface area (Å²) >= 11 is 0. The molecule has 0 aliphatic heterocycles. The number of aliphatic hydroxyl groups excluding tert-OH is 1. The zero-order valence-electron chi connectivity index (χ0n) is 54.9. The first-order valence-corrected chi connectivity index (χ1v) is 37.5. The molecule has 0 heterocycles. The van der Waals surface area contributed by atoms with Gasteiger partial charge in [0.2, 0.25) is 0 Å². The maximum Gasteiger partial charge on any atom is 0.472 e. The van der Waals surface area contributed by atoms with Gasteiger partial charge in [0.25, 0.3) is 0 Å². The van der Waals surface area contributed by atoms with Crippen molar-refractivity contribution in [3.05, 3.63) is 0 Å². The number of aliphatic hydroxyl groups is 1. The van der Waals surface area contributed by atoms with Crippen LogP contribution >= 0.6 is 15.6 Å². The monoisotopic (exact) mass is 1250 g/mol. The molecular formula is C66H128O17P2. The van der Waals surface area contributed by atoms with Crippen molar-refractivity contribution in [1.82, 2.24) is 0 Å². The Morgan fingerprint density at radius 3 is 0.894 bits per heavy atom. The van der Waals surface area contributed by atoms with Crippen LogP contribution in [0.5, 0.6) is 0 Å². The summed E-state index contributed by atoms with van der Waals surface area (Å²) in [5, 5.41) is 10.5. The molecule has 0 fully saturated rings. The van der Waals surface area contributed by atoms with E-state index in [0.717, 1.165) is 121 Å². The van der Waals surface area contributed by atoms with Gasteiger partial charge in [0.15, 0.2) is 12.2 Å². The standard InChI is InChI=1S/C66H128O17P2/c1-7-10-12-14-16-25-30-38-44-50-65(70)82-61(54-76-63(68)48-42-36-28-15-13-11-8-2)56-80-84(72,73)78-52-60(67)53-79-85(74,75)81-57-62(55-77-64(69)49-43-37-33-32-35-41-47-59(6)9-3)83-66(71)51-45-39-31-27-24-22-20-18-17-19-21-23-26-29-34-40-46-58(4)5/h58-62,67H,7-57H2,1-6H3,(H,72,73)(H,74,75)/t59?,60-,61+,62+/m0/s1. The normalized spacial score (nSPS) is 14.6. The Morgan fingerprint density at radius 1 is 0.341 bits per heavy atom. The lowest BCUT2D eigenvalue weighted by atomic mass is 10.00. The molecule has 0 spiro atoms. The topological polar surface area (TPSA) is 237 Å². The van der Waals surface area contributed by atoms with Crippen LogP contribution in [0.1, 0.15) is 330 Å². The number of hydrogen-bond acceptors (Lipinski definition) is 15. The highest BCUT2D eigenvalue weighted by atomic mass is 31.2. The van der Waals surface area contributed by atoms with Crippen molar-refractivity contribution in [2.75, 3.05) is 39.6 Å². The lowest BCUT2D eigenvalue weighted by molar-refractivity contribution is -0.161. The molecule has 3 unspecified atom stereocenters. The Morgan fingerprint density at radius 2 is 0.600 bits per heavy atom. The predicted molar refractivity (Wildman–Crippen MR) is 340 cm³/mol. The Labute approximate surface area is 517 Å². The van der Waals surface area contributed by atoms with Gasteiger partial charge in [0, 0.05) is 25.7 Å². The van der Waals surface area contributed by atoms with Gasteiger partial charge in [-0.2, -0.15) is 0 Å². The number of phosphoric ester groups is 2. The minimum absolute atomic E-state index is 0.105. The van der Waals surface area contributed by atoms with Crippen LogP contribution in [-0.2, 0) is 65.4 Å². The molecule has 0 aromatic heterocycles. The van der Waals surface area contributed by atoms with Crippen LogP contribution in [0.15, 0.2) is 0 Å². The van der Waals surface area contributed by atoms with Crippen LogP contribution in [0.3, 0.4) is 0 Å². The zero-order valence-corrected chi connectivity index (χ0v) is 56.7. The van der Waals surface area contributed by atoms with Crippen LogP contribution in [0.25, 0.3) is 0 Å². The lowest BCUT2D eigenvalue weighted by Gasteiger charge is -2.21. The van der Waals surface area contributed by atoms with E-state index in [1.165, 1.54) is 128 Å². The number of rotatable bonds is 65. The van der Waals surface area contributed by atoms with Crippen molar-refractivity contribution in [2.45, 2.75) is 349 Å². The highest BCUT2D eigenvalue weighted by Crippen LogP contribution is 2.45. The zero-order chi connectivity index (χ0) is 62.9. The van der Waals surface area contributed by atoms with Crippen molar-refractivity contribution in [1.29, 1.82) is 0 Å². The summed E-state index contributed by atoms with van der Waals surface area (Å²) in [7, 11) is -9.88. The molecule has 0 bridgehead atoms. The summed E-state index contributed by atoms with van der Waals surface area (Å²) in [4.78, 5) is 72.1. The summed E-state index contributed by atoms with van der Waals surface area (Å²) in [6, 6.07) is 0. The van der Waals surface area contributed by atoms with Gasteiger partial charge in [-0.05, 0) is 37.5 Å². The molecule has 0 aliphatic rings. The summed E-state index contributed by atoms with van der Waals surface area (Å²) < 4.78 is 67.9. The molecule has 85 heavy (non-hydrogen) atoms. The largest absolute Gasteiger partial charge is 0.472 e. The average Bonchev–Trinajstić information content (AvgIpc) is 3.58. The molecule has 6 atom stereocenters. The number of esters is 4. The van der Waals surface area contributed by atoms with Gasteiger partial charge in [0.05, 0.1) is 26.4 Å². The molecular weight excluding hydrogens is 1130 g/mol. The minimum Gasteiger partial charge on any atom is -0.462 e. The predicted octanol–water partition coefficient (Wildman–Crippen LogP) is 18.4. The van der Waals surface area contributed by atoms with E-state index in [0.29, 0.717) is 25.7 Å². The van der Waals surface area contributed by atoms with E-state index in [9.17, 15) is 43.2 Å². The van der Waals surface area contributed by atoms with Crippen LogP contribution in [-0.4, -0.2) is 96.7 Å². The van der Waals surface area contributed by atoms with Gasteiger partial charge in [-0.25, -0.2) is 9.13 Å². The van der Waals surface area contributed by atoms with Gasteiger partial charge in [0.1, 0.15) is 19.3 Å². The molecule has 0 rings (SSSR count). The summed E-state index contributed by atoms with van der Waals surface area (Å²) in [6.07, 6.45) is 41.9. The fraction of sp³-hybridized carbons (Fsp3) is 0.939. The van der Waals surface area contributed by atoms with E-state index in [4.69, 9.17) is 37.0 Å². The maximum absolute atomic E-state index is 13.0. The van der Waals surface area contributed by atoms with E-state index in [1.807, 2.05) is 0 Å². The highest BCUT2D eigenvalue weighted by Gasteiger charge is 2.30. The molecule has 19 heteroatoms. The first kappa shape index (κ1) is 83.1. The Hall–Kier alpha value is -1.94. The molecule has 0 aromatic carbocycles. The van der Waals surface area contributed by atoms with Crippen LogP contribution in [0.4, 0.5) is 0 Å². The first-order chi connectivity index (χ1) is 40.9. The van der Waals surface area contributed by atoms with Gasteiger partial charge in [-0.3, -0.25) is 37.3 Å². The SMILES string of the molecule is CCCCCCCCCCCC(=O)O[C@H](COC(=O)CCCCCCCCC)COP(=O)(O)OC[C@H](O)COP(=O)(O)OC[C@@H](COC(=O)CCCCCCCCC(C)CC)OC(=O)CCCCCCCCCCCCCCCCCCC(C)C. The van der Waals surface area contributed by atoms with Gasteiger partial charge >= 0.3 is 39.5 Å². The van der Waals surface area contributed by atoms with Gasteiger partial charge in [-0.15, -0.1) is 0 Å².